The lowest BCUT2D eigenvalue weighted by Gasteiger charge is -2.33. The quantitative estimate of drug-likeness (QED) is 0.525. The van der Waals surface area contributed by atoms with Gasteiger partial charge in [0, 0.05) is 25.7 Å². The van der Waals surface area contributed by atoms with Gasteiger partial charge in [0.2, 0.25) is 11.5 Å². The Balaban J connectivity index is 1.61. The fourth-order valence-electron chi connectivity index (χ4n) is 3.40. The van der Waals surface area contributed by atoms with Crippen molar-refractivity contribution in [2.24, 2.45) is 0 Å². The fourth-order valence-corrected chi connectivity index (χ4v) is 3.40. The third-order valence-corrected chi connectivity index (χ3v) is 4.72. The first-order valence-electron chi connectivity index (χ1n) is 8.87. The summed E-state index contributed by atoms with van der Waals surface area (Å²) in [5, 5.41) is 14.7. The second kappa shape index (κ2) is 7.37. The minimum Gasteiger partial charge on any atom is -0.465 e. The highest BCUT2D eigenvalue weighted by Crippen LogP contribution is 2.28. The zero-order chi connectivity index (χ0) is 18.8. The lowest BCUT2D eigenvalue weighted by Crippen LogP contribution is -2.41. The van der Waals surface area contributed by atoms with Crippen LogP contribution in [0.5, 0.6) is 0 Å². The predicted molar refractivity (Wildman–Crippen MR) is 98.9 cm³/mol. The summed E-state index contributed by atoms with van der Waals surface area (Å²) < 4.78 is 12.8. The minimum absolute atomic E-state index is 0.0629. The van der Waals surface area contributed by atoms with Crippen LogP contribution < -0.4 is 5.32 Å². The van der Waals surface area contributed by atoms with Gasteiger partial charge in [0.05, 0.1) is 25.5 Å². The minimum atomic E-state index is -0.414. The number of fused-ring (bicyclic) bond motifs is 1. The Hall–Kier alpha value is -2.91. The lowest BCUT2D eigenvalue weighted by molar-refractivity contribution is -0.389. The number of imidazole rings is 1. The van der Waals surface area contributed by atoms with E-state index in [4.69, 9.17) is 9.15 Å². The van der Waals surface area contributed by atoms with E-state index >= 15 is 0 Å². The van der Waals surface area contributed by atoms with Crippen molar-refractivity contribution in [1.29, 1.82) is 0 Å². The number of furan rings is 1. The molecular formula is C18H21N5O4. The van der Waals surface area contributed by atoms with E-state index in [1.165, 1.54) is 4.40 Å². The number of nitrogens with zero attached hydrogens (tertiary/aromatic N) is 4. The first-order chi connectivity index (χ1) is 13.1. The van der Waals surface area contributed by atoms with Crippen LogP contribution in [0, 0.1) is 17.0 Å². The molecule has 0 spiro atoms. The molecule has 1 saturated heterocycles. The van der Waals surface area contributed by atoms with Crippen molar-refractivity contribution in [3.05, 3.63) is 58.2 Å². The van der Waals surface area contributed by atoms with E-state index in [0.29, 0.717) is 25.4 Å². The van der Waals surface area contributed by atoms with E-state index in [-0.39, 0.29) is 17.7 Å². The van der Waals surface area contributed by atoms with Gasteiger partial charge >= 0.3 is 5.82 Å². The van der Waals surface area contributed by atoms with Gasteiger partial charge < -0.3 is 24.6 Å². The molecular weight excluding hydrogens is 350 g/mol. The van der Waals surface area contributed by atoms with Gasteiger partial charge in [0.15, 0.2) is 0 Å². The van der Waals surface area contributed by atoms with Crippen molar-refractivity contribution in [3.63, 3.8) is 0 Å². The van der Waals surface area contributed by atoms with Crippen LogP contribution in [0.2, 0.25) is 0 Å². The summed E-state index contributed by atoms with van der Waals surface area (Å²) >= 11 is 0. The van der Waals surface area contributed by atoms with Gasteiger partial charge in [0.1, 0.15) is 11.5 Å². The van der Waals surface area contributed by atoms with E-state index < -0.39 is 4.92 Å². The van der Waals surface area contributed by atoms with Gasteiger partial charge in [-0.3, -0.25) is 4.90 Å². The molecule has 0 amide bonds. The molecule has 9 heteroatoms. The molecule has 1 N–H and O–H groups in total. The molecule has 1 fully saturated rings. The van der Waals surface area contributed by atoms with Crippen LogP contribution in [0.4, 0.5) is 11.6 Å². The Labute approximate surface area is 155 Å². The van der Waals surface area contributed by atoms with Crippen LogP contribution in [-0.2, 0) is 4.74 Å². The van der Waals surface area contributed by atoms with Crippen LogP contribution in [0.15, 0.2) is 40.9 Å². The number of pyridine rings is 1. The Kier molecular flexibility index (Phi) is 4.78. The third kappa shape index (κ3) is 3.51. The molecule has 142 valence electrons. The van der Waals surface area contributed by atoms with Crippen molar-refractivity contribution in [1.82, 2.24) is 14.3 Å². The van der Waals surface area contributed by atoms with Crippen molar-refractivity contribution in [3.8, 4) is 0 Å². The molecule has 0 aromatic carbocycles. The van der Waals surface area contributed by atoms with Crippen molar-refractivity contribution in [2.75, 3.05) is 38.2 Å². The largest absolute Gasteiger partial charge is 0.465 e. The summed E-state index contributed by atoms with van der Waals surface area (Å²) in [7, 11) is 0. The Morgan fingerprint density at radius 3 is 2.81 bits per heavy atom. The summed E-state index contributed by atoms with van der Waals surface area (Å²) in [5.41, 5.74) is 0.531. The molecule has 0 bridgehead atoms. The second-order valence-electron chi connectivity index (χ2n) is 6.46. The van der Waals surface area contributed by atoms with Crippen LogP contribution in [0.1, 0.15) is 17.6 Å². The maximum Gasteiger partial charge on any atom is 0.372 e. The van der Waals surface area contributed by atoms with E-state index in [1.54, 1.807) is 24.4 Å². The smallest absolute Gasteiger partial charge is 0.372 e. The average molecular weight is 371 g/mol. The third-order valence-electron chi connectivity index (χ3n) is 4.72. The van der Waals surface area contributed by atoms with E-state index in [2.05, 4.69) is 15.2 Å². The summed E-state index contributed by atoms with van der Waals surface area (Å²) in [5.74, 6) is 1.85. The SMILES string of the molecule is Cc1ccc(C(CNc2nc3ccccn3c2[N+](=O)[O-])N2CCOCC2)o1. The first kappa shape index (κ1) is 17.5. The van der Waals surface area contributed by atoms with Crippen molar-refractivity contribution >= 4 is 17.3 Å². The predicted octanol–water partition coefficient (Wildman–Crippen LogP) is 2.63. The number of hydrogen-bond acceptors (Lipinski definition) is 7. The second-order valence-corrected chi connectivity index (χ2v) is 6.46. The highest BCUT2D eigenvalue weighted by atomic mass is 16.6. The molecule has 1 atom stereocenters. The standard InChI is InChI=1S/C18H21N5O4/c1-13-5-6-15(27-13)14(21-8-10-26-11-9-21)12-19-17-18(23(24)25)22-7-3-2-4-16(22)20-17/h2-7,14,19H,8-12H2,1H3. The molecule has 0 saturated carbocycles. The van der Waals surface area contributed by atoms with Gasteiger partial charge in [-0.15, -0.1) is 0 Å². The zero-order valence-electron chi connectivity index (χ0n) is 15.0. The lowest BCUT2D eigenvalue weighted by atomic mass is 10.1. The number of anilines is 1. The molecule has 4 heterocycles. The van der Waals surface area contributed by atoms with Gasteiger partial charge in [0.25, 0.3) is 0 Å². The van der Waals surface area contributed by atoms with E-state index in [1.807, 2.05) is 19.1 Å². The van der Waals surface area contributed by atoms with Gasteiger partial charge in [-0.1, -0.05) is 6.07 Å². The summed E-state index contributed by atoms with van der Waals surface area (Å²) in [6, 6.07) is 9.11. The van der Waals surface area contributed by atoms with Crippen LogP contribution >= 0.6 is 0 Å². The number of rotatable bonds is 6. The van der Waals surface area contributed by atoms with Gasteiger partial charge in [-0.05, 0) is 30.0 Å². The molecule has 9 nitrogen and oxygen atoms in total. The number of aryl methyl sites for hydroxylation is 1. The van der Waals surface area contributed by atoms with E-state index in [9.17, 15) is 10.1 Å². The number of ether oxygens (including phenoxy) is 1. The summed E-state index contributed by atoms with van der Waals surface area (Å²) in [4.78, 5) is 17.8. The monoisotopic (exact) mass is 371 g/mol. The number of aromatic nitrogens is 2. The number of nitrogens with one attached hydrogen (secondary N) is 1. The van der Waals surface area contributed by atoms with Crippen molar-refractivity contribution in [2.45, 2.75) is 13.0 Å². The Morgan fingerprint density at radius 1 is 1.30 bits per heavy atom. The zero-order valence-corrected chi connectivity index (χ0v) is 15.0. The topological polar surface area (TPSA) is 98.1 Å². The molecule has 27 heavy (non-hydrogen) atoms. The number of nitro groups is 1. The van der Waals surface area contributed by atoms with E-state index in [0.717, 1.165) is 24.6 Å². The molecule has 3 aromatic rings. The Bertz CT molecular complexity index is 944. The molecule has 4 rings (SSSR count). The normalized spacial score (nSPS) is 16.5. The highest BCUT2D eigenvalue weighted by molar-refractivity contribution is 5.62. The summed E-state index contributed by atoms with van der Waals surface area (Å²) in [6.07, 6.45) is 1.64. The molecule has 1 aliphatic rings. The fraction of sp³-hybridized carbons (Fsp3) is 0.389. The molecule has 1 unspecified atom stereocenters. The van der Waals surface area contributed by atoms with Crippen LogP contribution in [-0.4, -0.2) is 52.1 Å². The molecule has 3 aromatic heterocycles. The van der Waals surface area contributed by atoms with Crippen LogP contribution in [0.3, 0.4) is 0 Å². The maximum atomic E-state index is 11.6. The number of morpholine rings is 1. The van der Waals surface area contributed by atoms with Gasteiger partial charge in [-0.25, -0.2) is 0 Å². The van der Waals surface area contributed by atoms with Crippen molar-refractivity contribution < 1.29 is 14.1 Å². The first-order valence-corrected chi connectivity index (χ1v) is 8.87. The average Bonchev–Trinajstić information content (AvgIpc) is 3.26. The maximum absolute atomic E-state index is 11.6. The highest BCUT2D eigenvalue weighted by Gasteiger charge is 2.28. The summed E-state index contributed by atoms with van der Waals surface area (Å²) in [6.45, 7) is 5.21. The molecule has 0 aliphatic carbocycles. The Morgan fingerprint density at radius 2 is 2.11 bits per heavy atom. The van der Waals surface area contributed by atoms with Gasteiger partial charge in [-0.2, -0.15) is 9.38 Å². The number of hydrogen-bond donors (Lipinski definition) is 1. The van der Waals surface area contributed by atoms with Crippen LogP contribution in [0.25, 0.3) is 5.65 Å². The molecule has 1 aliphatic heterocycles. The molecule has 0 radical (unpaired) electrons.